The number of hydrogen-bond donors (Lipinski definition) is 1. The highest BCUT2D eigenvalue weighted by Gasteiger charge is 2.25. The first-order chi connectivity index (χ1) is 7.42. The minimum atomic E-state index is -0.411. The van der Waals surface area contributed by atoms with E-state index in [-0.39, 0.29) is 34.9 Å². The second kappa shape index (κ2) is 12.1. The van der Waals surface area contributed by atoms with E-state index in [9.17, 15) is 4.79 Å². The van der Waals surface area contributed by atoms with Crippen molar-refractivity contribution in [2.75, 3.05) is 39.3 Å². The molecule has 8 N–H and O–H groups in total. The highest BCUT2D eigenvalue weighted by molar-refractivity contribution is 5.85. The molecule has 0 aliphatic carbocycles. The number of nitrogens with zero attached hydrogens (tertiary/aromatic N) is 2. The lowest BCUT2D eigenvalue weighted by atomic mass is 10.2. The molecule has 9 heteroatoms. The normalized spacial score (nSPS) is 14.9. The van der Waals surface area contributed by atoms with Crippen LogP contribution in [0.25, 0.3) is 0 Å². The molecule has 126 valence electrons. The largest absolute Gasteiger partial charge is 0.444 e. The van der Waals surface area contributed by atoms with Crippen molar-refractivity contribution in [1.29, 1.82) is 0 Å². The van der Waals surface area contributed by atoms with E-state index < -0.39 is 5.60 Å². The van der Waals surface area contributed by atoms with Crippen LogP contribution >= 0.6 is 12.4 Å². The van der Waals surface area contributed by atoms with Gasteiger partial charge in [-0.15, -0.1) is 12.4 Å². The second-order valence-electron chi connectivity index (χ2n) is 5.10. The first-order valence-corrected chi connectivity index (χ1v) is 5.83. The maximum Gasteiger partial charge on any atom is 0.410 e. The molecule has 20 heavy (non-hydrogen) atoms. The van der Waals surface area contributed by atoms with Crippen molar-refractivity contribution in [1.82, 2.24) is 9.80 Å². The minimum Gasteiger partial charge on any atom is -0.444 e. The van der Waals surface area contributed by atoms with Gasteiger partial charge in [-0.05, 0) is 20.8 Å². The summed E-state index contributed by atoms with van der Waals surface area (Å²) >= 11 is 0. The molecule has 1 aliphatic heterocycles. The van der Waals surface area contributed by atoms with Crippen LogP contribution in [0.1, 0.15) is 20.8 Å². The third-order valence-electron chi connectivity index (χ3n) is 2.47. The lowest BCUT2D eigenvalue weighted by Crippen LogP contribution is -2.50. The SMILES string of the molecule is CC(C)(C)OC(=O)N1CCN(CCN)CC1.Cl.O.O.O. The average Bonchev–Trinajstić information content (AvgIpc) is 2.16. The van der Waals surface area contributed by atoms with Crippen molar-refractivity contribution in [3.05, 3.63) is 0 Å². The Labute approximate surface area is 126 Å². The number of carbonyl (C=O) groups excluding carboxylic acids is 1. The second-order valence-corrected chi connectivity index (χ2v) is 5.10. The van der Waals surface area contributed by atoms with Crippen molar-refractivity contribution in [3.63, 3.8) is 0 Å². The molecule has 0 spiro atoms. The Bertz CT molecular complexity index is 243. The standard InChI is InChI=1S/C11H23N3O2.ClH.3H2O/c1-11(2,3)16-10(15)14-8-6-13(5-4-12)7-9-14;;;;/h4-9,12H2,1-3H3;1H;3*1H2. The highest BCUT2D eigenvalue weighted by atomic mass is 35.5. The molecular weight excluding hydrogens is 290 g/mol. The van der Waals surface area contributed by atoms with E-state index in [1.54, 1.807) is 4.90 Å². The minimum absolute atomic E-state index is 0. The third-order valence-corrected chi connectivity index (χ3v) is 2.47. The number of amides is 1. The van der Waals surface area contributed by atoms with Gasteiger partial charge in [-0.25, -0.2) is 4.79 Å². The number of ether oxygens (including phenoxy) is 1. The fourth-order valence-corrected chi connectivity index (χ4v) is 1.66. The predicted molar refractivity (Wildman–Crippen MR) is 81.4 cm³/mol. The Hall–Kier alpha value is -0.640. The smallest absolute Gasteiger partial charge is 0.410 e. The van der Waals surface area contributed by atoms with Crippen LogP contribution in [0.15, 0.2) is 0 Å². The van der Waals surface area contributed by atoms with E-state index in [0.29, 0.717) is 6.54 Å². The van der Waals surface area contributed by atoms with Crippen LogP contribution < -0.4 is 5.73 Å². The molecule has 1 rings (SSSR count). The van der Waals surface area contributed by atoms with Gasteiger partial charge in [0.1, 0.15) is 5.60 Å². The number of piperazine rings is 1. The number of nitrogens with two attached hydrogens (primary N) is 1. The quantitative estimate of drug-likeness (QED) is 0.654. The van der Waals surface area contributed by atoms with Crippen LogP contribution in [0, 0.1) is 0 Å². The molecule has 1 amide bonds. The molecule has 0 bridgehead atoms. The summed E-state index contributed by atoms with van der Waals surface area (Å²) in [5.74, 6) is 0. The number of rotatable bonds is 2. The van der Waals surface area contributed by atoms with E-state index in [4.69, 9.17) is 10.5 Å². The van der Waals surface area contributed by atoms with Crippen molar-refractivity contribution in [2.45, 2.75) is 26.4 Å². The molecular formula is C11H30ClN3O5. The van der Waals surface area contributed by atoms with Crippen LogP contribution in [-0.4, -0.2) is 77.2 Å². The Morgan fingerprint density at radius 2 is 1.55 bits per heavy atom. The van der Waals surface area contributed by atoms with Crippen LogP contribution in [0.3, 0.4) is 0 Å². The maximum absolute atomic E-state index is 11.7. The van der Waals surface area contributed by atoms with Crippen molar-refractivity contribution >= 4 is 18.5 Å². The summed E-state index contributed by atoms with van der Waals surface area (Å²) in [6, 6.07) is 0. The topological polar surface area (TPSA) is 153 Å². The van der Waals surface area contributed by atoms with E-state index in [1.165, 1.54) is 0 Å². The Morgan fingerprint density at radius 3 is 1.90 bits per heavy atom. The zero-order valence-electron chi connectivity index (χ0n) is 12.4. The summed E-state index contributed by atoms with van der Waals surface area (Å²) in [6.45, 7) is 10.5. The lowest BCUT2D eigenvalue weighted by molar-refractivity contribution is 0.0148. The number of hydrogen-bond acceptors (Lipinski definition) is 4. The molecule has 8 nitrogen and oxygen atoms in total. The predicted octanol–water partition coefficient (Wildman–Crippen LogP) is -1.55. The molecule has 0 aromatic carbocycles. The Balaban J connectivity index is -0.000000320. The number of halogens is 1. The molecule has 0 saturated carbocycles. The summed E-state index contributed by atoms with van der Waals surface area (Å²) in [5.41, 5.74) is 5.08. The molecule has 0 aromatic heterocycles. The van der Waals surface area contributed by atoms with Crippen molar-refractivity contribution < 1.29 is 26.0 Å². The molecule has 1 aliphatic rings. The van der Waals surface area contributed by atoms with Gasteiger partial charge < -0.3 is 31.8 Å². The first kappa shape index (κ1) is 27.7. The third kappa shape index (κ3) is 10.2. The lowest BCUT2D eigenvalue weighted by Gasteiger charge is -2.35. The Kier molecular flexibility index (Phi) is 16.8. The van der Waals surface area contributed by atoms with Gasteiger partial charge in [0, 0.05) is 39.3 Å². The first-order valence-electron chi connectivity index (χ1n) is 5.83. The maximum atomic E-state index is 11.7. The van der Waals surface area contributed by atoms with Gasteiger partial charge in [-0.1, -0.05) is 0 Å². The monoisotopic (exact) mass is 319 g/mol. The van der Waals surface area contributed by atoms with Crippen LogP contribution in [0.2, 0.25) is 0 Å². The van der Waals surface area contributed by atoms with Crippen LogP contribution in [0.5, 0.6) is 0 Å². The number of carbonyl (C=O) groups is 1. The molecule has 1 saturated heterocycles. The molecule has 0 atom stereocenters. The van der Waals surface area contributed by atoms with E-state index >= 15 is 0 Å². The van der Waals surface area contributed by atoms with E-state index in [0.717, 1.165) is 32.7 Å². The van der Waals surface area contributed by atoms with Crippen LogP contribution in [0.4, 0.5) is 4.79 Å². The fourth-order valence-electron chi connectivity index (χ4n) is 1.66. The van der Waals surface area contributed by atoms with Gasteiger partial charge in [-0.2, -0.15) is 0 Å². The van der Waals surface area contributed by atoms with Crippen molar-refractivity contribution in [3.8, 4) is 0 Å². The molecule has 0 unspecified atom stereocenters. The Morgan fingerprint density at radius 1 is 1.10 bits per heavy atom. The molecule has 0 radical (unpaired) electrons. The van der Waals surface area contributed by atoms with Gasteiger partial charge in [-0.3, -0.25) is 4.90 Å². The molecule has 1 heterocycles. The van der Waals surface area contributed by atoms with Gasteiger partial charge >= 0.3 is 6.09 Å². The molecule has 1 fully saturated rings. The van der Waals surface area contributed by atoms with Gasteiger partial charge in [0.15, 0.2) is 0 Å². The van der Waals surface area contributed by atoms with Gasteiger partial charge in [0.25, 0.3) is 0 Å². The average molecular weight is 320 g/mol. The zero-order chi connectivity index (χ0) is 12.2. The summed E-state index contributed by atoms with van der Waals surface area (Å²) in [4.78, 5) is 15.8. The van der Waals surface area contributed by atoms with Gasteiger partial charge in [0.2, 0.25) is 0 Å². The zero-order valence-corrected chi connectivity index (χ0v) is 13.3. The fraction of sp³-hybridized carbons (Fsp3) is 0.909. The van der Waals surface area contributed by atoms with E-state index in [2.05, 4.69) is 4.90 Å². The van der Waals surface area contributed by atoms with Gasteiger partial charge in [0.05, 0.1) is 0 Å². The summed E-state index contributed by atoms with van der Waals surface area (Å²) < 4.78 is 5.32. The van der Waals surface area contributed by atoms with Crippen molar-refractivity contribution in [2.24, 2.45) is 5.73 Å². The van der Waals surface area contributed by atoms with Crippen LogP contribution in [-0.2, 0) is 4.74 Å². The molecule has 0 aromatic rings. The summed E-state index contributed by atoms with van der Waals surface area (Å²) in [7, 11) is 0. The summed E-state index contributed by atoms with van der Waals surface area (Å²) in [6.07, 6.45) is -0.208. The summed E-state index contributed by atoms with van der Waals surface area (Å²) in [5, 5.41) is 0. The van der Waals surface area contributed by atoms with E-state index in [1.807, 2.05) is 20.8 Å². The highest BCUT2D eigenvalue weighted by Crippen LogP contribution is 2.11.